The smallest absolute Gasteiger partial charge is 0.338 e. The highest BCUT2D eigenvalue weighted by molar-refractivity contribution is 5.89. The number of benzene rings is 1. The highest BCUT2D eigenvalue weighted by Crippen LogP contribution is 2.12. The lowest BCUT2D eigenvalue weighted by atomic mass is 10.1. The van der Waals surface area contributed by atoms with Gasteiger partial charge >= 0.3 is 5.97 Å². The number of hydrogen-bond donors (Lipinski definition) is 1. The van der Waals surface area contributed by atoms with Crippen LogP contribution in [0.1, 0.15) is 31.1 Å². The Labute approximate surface area is 115 Å². The molecule has 1 N–H and O–H groups in total. The average Bonchev–Trinajstić information content (AvgIpc) is 2.36. The van der Waals surface area contributed by atoms with E-state index in [1.54, 1.807) is 19.2 Å². The van der Waals surface area contributed by atoms with Crippen molar-refractivity contribution in [3.8, 4) is 0 Å². The topological polar surface area (TPSA) is 47.6 Å². The highest BCUT2D eigenvalue weighted by atomic mass is 16.5. The number of hydrogen-bond acceptors (Lipinski definition) is 4. The predicted molar refractivity (Wildman–Crippen MR) is 76.5 cm³/mol. The molecule has 0 aliphatic heterocycles. The summed E-state index contributed by atoms with van der Waals surface area (Å²) in [6, 6.07) is 7.31. The van der Waals surface area contributed by atoms with E-state index < -0.39 is 0 Å². The third kappa shape index (κ3) is 5.75. The zero-order valence-corrected chi connectivity index (χ0v) is 12.1. The Balaban J connectivity index is 2.49. The fourth-order valence-electron chi connectivity index (χ4n) is 1.64. The molecule has 4 nitrogen and oxygen atoms in total. The molecule has 0 spiro atoms. The molecule has 106 valence electrons. The molecule has 0 saturated carbocycles. The summed E-state index contributed by atoms with van der Waals surface area (Å²) in [6.07, 6.45) is -0.0970. The van der Waals surface area contributed by atoms with Gasteiger partial charge in [0.1, 0.15) is 0 Å². The van der Waals surface area contributed by atoms with Crippen LogP contribution in [-0.4, -0.2) is 32.3 Å². The molecule has 1 aromatic carbocycles. The number of anilines is 1. The molecule has 0 aliphatic rings. The van der Waals surface area contributed by atoms with Gasteiger partial charge in [-0.1, -0.05) is 6.92 Å². The predicted octanol–water partition coefficient (Wildman–Crippen LogP) is 2.95. The van der Waals surface area contributed by atoms with Crippen LogP contribution in [0.15, 0.2) is 24.3 Å². The maximum absolute atomic E-state index is 11.7. The van der Waals surface area contributed by atoms with Gasteiger partial charge in [-0.25, -0.2) is 4.79 Å². The summed E-state index contributed by atoms with van der Waals surface area (Å²) in [5.41, 5.74) is 1.56. The first-order valence-electron chi connectivity index (χ1n) is 6.56. The van der Waals surface area contributed by atoms with Crippen molar-refractivity contribution in [2.75, 3.05) is 25.6 Å². The lowest BCUT2D eigenvalue weighted by Gasteiger charge is -2.13. The van der Waals surface area contributed by atoms with Crippen molar-refractivity contribution >= 4 is 11.7 Å². The van der Waals surface area contributed by atoms with Crippen molar-refractivity contribution in [1.29, 1.82) is 0 Å². The van der Waals surface area contributed by atoms with Crippen LogP contribution in [0.5, 0.6) is 0 Å². The van der Waals surface area contributed by atoms with Gasteiger partial charge in [0.25, 0.3) is 0 Å². The van der Waals surface area contributed by atoms with Crippen molar-refractivity contribution in [3.05, 3.63) is 29.8 Å². The first-order valence-corrected chi connectivity index (χ1v) is 6.56. The monoisotopic (exact) mass is 265 g/mol. The van der Waals surface area contributed by atoms with E-state index in [1.807, 2.05) is 26.0 Å². The van der Waals surface area contributed by atoms with Crippen LogP contribution >= 0.6 is 0 Å². The lowest BCUT2D eigenvalue weighted by molar-refractivity contribution is 0.0378. The summed E-state index contributed by atoms with van der Waals surface area (Å²) in [5.74, 6) is 0.157. The summed E-state index contributed by atoms with van der Waals surface area (Å²) in [6.45, 7) is 7.36. The molecule has 0 heterocycles. The van der Waals surface area contributed by atoms with E-state index in [0.29, 0.717) is 11.5 Å². The number of nitrogens with one attached hydrogen (secondary N) is 1. The number of rotatable bonds is 7. The van der Waals surface area contributed by atoms with Crippen LogP contribution < -0.4 is 5.32 Å². The first-order chi connectivity index (χ1) is 9.02. The molecule has 0 bridgehead atoms. The number of carbonyl (C=O) groups excluding carboxylic acids is 1. The van der Waals surface area contributed by atoms with Gasteiger partial charge < -0.3 is 14.8 Å². The molecule has 0 fully saturated rings. The maximum Gasteiger partial charge on any atom is 0.338 e. The minimum Gasteiger partial charge on any atom is -0.459 e. The van der Waals surface area contributed by atoms with Crippen LogP contribution in [0.2, 0.25) is 0 Å². The van der Waals surface area contributed by atoms with E-state index in [-0.39, 0.29) is 12.1 Å². The molecule has 4 heteroatoms. The average molecular weight is 265 g/mol. The van der Waals surface area contributed by atoms with Gasteiger partial charge in [0.05, 0.1) is 18.3 Å². The standard InChI is InChI=1S/C15H23NO3/c1-11(2)19-15(17)13-5-7-14(8-6-13)16-9-12(3)10-18-4/h5-8,11-12,16H,9-10H2,1-4H3. The van der Waals surface area contributed by atoms with Crippen molar-refractivity contribution < 1.29 is 14.3 Å². The minimum absolute atomic E-state index is 0.0970. The molecule has 1 rings (SSSR count). The van der Waals surface area contributed by atoms with Gasteiger partial charge in [-0.05, 0) is 44.0 Å². The molecule has 19 heavy (non-hydrogen) atoms. The van der Waals surface area contributed by atoms with Crippen LogP contribution in [0, 0.1) is 5.92 Å². The second kappa shape index (κ2) is 7.79. The van der Waals surface area contributed by atoms with Crippen LogP contribution in [0.3, 0.4) is 0 Å². The fourth-order valence-corrected chi connectivity index (χ4v) is 1.64. The van der Waals surface area contributed by atoms with E-state index in [9.17, 15) is 4.79 Å². The highest BCUT2D eigenvalue weighted by Gasteiger charge is 2.08. The van der Waals surface area contributed by atoms with Gasteiger partial charge in [0.2, 0.25) is 0 Å². The normalized spacial score (nSPS) is 12.3. The number of carbonyl (C=O) groups is 1. The summed E-state index contributed by atoms with van der Waals surface area (Å²) in [7, 11) is 1.70. The van der Waals surface area contributed by atoms with E-state index in [2.05, 4.69) is 12.2 Å². The summed E-state index contributed by atoms with van der Waals surface area (Å²) in [4.78, 5) is 11.7. The van der Waals surface area contributed by atoms with Gasteiger partial charge in [-0.2, -0.15) is 0 Å². The first kappa shape index (κ1) is 15.5. The van der Waals surface area contributed by atoms with E-state index in [1.165, 1.54) is 0 Å². The lowest BCUT2D eigenvalue weighted by Crippen LogP contribution is -2.16. The summed E-state index contributed by atoms with van der Waals surface area (Å²) < 4.78 is 10.2. The second-order valence-corrected chi connectivity index (χ2v) is 4.97. The molecule has 0 radical (unpaired) electrons. The minimum atomic E-state index is -0.283. The Bertz CT molecular complexity index is 387. The molecule has 0 aliphatic carbocycles. The van der Waals surface area contributed by atoms with Crippen molar-refractivity contribution in [1.82, 2.24) is 0 Å². The molecule has 0 aromatic heterocycles. The van der Waals surface area contributed by atoms with Gasteiger partial charge in [0, 0.05) is 19.3 Å². The fraction of sp³-hybridized carbons (Fsp3) is 0.533. The van der Waals surface area contributed by atoms with Gasteiger partial charge in [-0.15, -0.1) is 0 Å². The number of methoxy groups -OCH3 is 1. The van der Waals surface area contributed by atoms with E-state index >= 15 is 0 Å². The molecular weight excluding hydrogens is 242 g/mol. The van der Waals surface area contributed by atoms with Crippen molar-refractivity contribution in [2.24, 2.45) is 5.92 Å². The van der Waals surface area contributed by atoms with Gasteiger partial charge in [-0.3, -0.25) is 0 Å². The largest absolute Gasteiger partial charge is 0.459 e. The number of ether oxygens (including phenoxy) is 2. The van der Waals surface area contributed by atoms with Crippen LogP contribution in [0.4, 0.5) is 5.69 Å². The Kier molecular flexibility index (Phi) is 6.36. The molecule has 0 amide bonds. The zero-order valence-electron chi connectivity index (χ0n) is 12.1. The van der Waals surface area contributed by atoms with Crippen LogP contribution in [-0.2, 0) is 9.47 Å². The molecule has 1 atom stereocenters. The second-order valence-electron chi connectivity index (χ2n) is 4.97. The Hall–Kier alpha value is -1.55. The molecule has 1 aromatic rings. The Morgan fingerprint density at radius 1 is 1.21 bits per heavy atom. The number of esters is 1. The van der Waals surface area contributed by atoms with Crippen molar-refractivity contribution in [2.45, 2.75) is 26.9 Å². The zero-order chi connectivity index (χ0) is 14.3. The summed E-state index contributed by atoms with van der Waals surface area (Å²) in [5, 5.41) is 3.30. The van der Waals surface area contributed by atoms with Crippen molar-refractivity contribution in [3.63, 3.8) is 0 Å². The molecule has 0 saturated heterocycles. The third-order valence-electron chi connectivity index (χ3n) is 2.57. The molecular formula is C15H23NO3. The maximum atomic E-state index is 11.7. The van der Waals surface area contributed by atoms with Crippen LogP contribution in [0.25, 0.3) is 0 Å². The van der Waals surface area contributed by atoms with Gasteiger partial charge in [0.15, 0.2) is 0 Å². The SMILES string of the molecule is COCC(C)CNc1ccc(C(=O)OC(C)C)cc1. The third-order valence-corrected chi connectivity index (χ3v) is 2.57. The van der Waals surface area contributed by atoms with E-state index in [0.717, 1.165) is 18.8 Å². The Morgan fingerprint density at radius 2 is 1.84 bits per heavy atom. The summed E-state index contributed by atoms with van der Waals surface area (Å²) >= 11 is 0. The molecule has 1 unspecified atom stereocenters. The quantitative estimate of drug-likeness (QED) is 0.770. The Morgan fingerprint density at radius 3 is 2.37 bits per heavy atom. The van der Waals surface area contributed by atoms with E-state index in [4.69, 9.17) is 9.47 Å².